The monoisotopic (exact) mass is 370 g/mol. The number of benzene rings is 1. The quantitative estimate of drug-likeness (QED) is 0.551. The van der Waals surface area contributed by atoms with Gasteiger partial charge in [0.05, 0.1) is 24.9 Å². The molecule has 0 spiro atoms. The van der Waals surface area contributed by atoms with Gasteiger partial charge in [-0.1, -0.05) is 11.6 Å². The van der Waals surface area contributed by atoms with E-state index in [0.29, 0.717) is 0 Å². The summed E-state index contributed by atoms with van der Waals surface area (Å²) in [5, 5.41) is -0.00662. The Morgan fingerprint density at radius 1 is 1.12 bits per heavy atom. The Kier molecular flexibility index (Phi) is 2.93. The fraction of sp³-hybridized carbons (Fsp3) is 0. The number of halogens is 4. The molecule has 1 aromatic heterocycles. The first-order valence-corrected chi connectivity index (χ1v) is 5.88. The van der Waals surface area contributed by atoms with Gasteiger partial charge in [-0.05, 0) is 31.9 Å². The van der Waals surface area contributed by atoms with Gasteiger partial charge in [-0.3, -0.25) is 9.78 Å². The van der Waals surface area contributed by atoms with Crippen LogP contribution >= 0.6 is 43.5 Å². The van der Waals surface area contributed by atoms with E-state index >= 15 is 0 Å². The lowest BCUT2D eigenvalue weighted by atomic mass is 10.2. The van der Waals surface area contributed by atoms with E-state index < -0.39 is 17.1 Å². The average Bonchev–Trinajstić information content (AvgIpc) is 2.22. The molecule has 0 atom stereocenters. The Balaban J connectivity index is 3.21. The van der Waals surface area contributed by atoms with Gasteiger partial charge >= 0.3 is 5.69 Å². The molecule has 8 heteroatoms. The molecule has 84 valence electrons. The average molecular weight is 372 g/mol. The van der Waals surface area contributed by atoms with Crippen LogP contribution in [0.4, 0.5) is 4.39 Å². The number of nitrogens with one attached hydrogen (secondary N) is 2. The van der Waals surface area contributed by atoms with Crippen LogP contribution in [-0.4, -0.2) is 9.97 Å². The van der Waals surface area contributed by atoms with Gasteiger partial charge in [0.1, 0.15) is 0 Å². The van der Waals surface area contributed by atoms with Crippen LogP contribution in [0.5, 0.6) is 0 Å². The minimum atomic E-state index is -0.786. The van der Waals surface area contributed by atoms with Crippen LogP contribution in [0.3, 0.4) is 0 Å². The van der Waals surface area contributed by atoms with Crippen LogP contribution in [0, 0.1) is 5.82 Å². The number of aromatic nitrogens is 2. The SMILES string of the molecule is O=c1[nH]c(=O)c2c(Br)c(Cl)c(Br)c(F)c2[nH]1. The highest BCUT2D eigenvalue weighted by Gasteiger charge is 2.18. The summed E-state index contributed by atoms with van der Waals surface area (Å²) in [6, 6.07) is 0. The van der Waals surface area contributed by atoms with Crippen LogP contribution in [0.15, 0.2) is 18.5 Å². The third-order valence-corrected chi connectivity index (χ3v) is 4.33. The molecule has 1 aromatic carbocycles. The lowest BCUT2D eigenvalue weighted by Crippen LogP contribution is -2.23. The Bertz CT molecular complexity index is 710. The van der Waals surface area contributed by atoms with Crippen LogP contribution in [0.25, 0.3) is 10.9 Å². The molecule has 2 rings (SSSR count). The van der Waals surface area contributed by atoms with Crippen LogP contribution in [0.1, 0.15) is 0 Å². The highest BCUT2D eigenvalue weighted by atomic mass is 79.9. The lowest BCUT2D eigenvalue weighted by molar-refractivity contribution is 0.629. The number of rotatable bonds is 0. The normalized spacial score (nSPS) is 11.0. The Morgan fingerprint density at radius 3 is 2.38 bits per heavy atom. The van der Waals surface area contributed by atoms with Crippen molar-refractivity contribution in [3.8, 4) is 0 Å². The summed E-state index contributed by atoms with van der Waals surface area (Å²) in [5.74, 6) is -0.786. The van der Waals surface area contributed by atoms with Crippen molar-refractivity contribution in [3.63, 3.8) is 0 Å². The number of fused-ring (bicyclic) bond motifs is 1. The van der Waals surface area contributed by atoms with E-state index in [1.54, 1.807) is 0 Å². The van der Waals surface area contributed by atoms with Crippen LogP contribution < -0.4 is 11.2 Å². The number of H-pyrrole nitrogens is 2. The van der Waals surface area contributed by atoms with Gasteiger partial charge in [0.15, 0.2) is 5.82 Å². The second-order valence-corrected chi connectivity index (χ2v) is 4.88. The molecule has 0 aliphatic carbocycles. The molecule has 0 aliphatic rings. The van der Waals surface area contributed by atoms with E-state index in [-0.39, 0.29) is 24.9 Å². The minimum Gasteiger partial charge on any atom is -0.304 e. The zero-order valence-electron chi connectivity index (χ0n) is 7.33. The summed E-state index contributed by atoms with van der Waals surface area (Å²) in [7, 11) is 0. The molecule has 0 bridgehead atoms. The van der Waals surface area contributed by atoms with Crippen LogP contribution in [0.2, 0.25) is 5.02 Å². The fourth-order valence-electron chi connectivity index (χ4n) is 1.27. The van der Waals surface area contributed by atoms with E-state index in [1.807, 2.05) is 4.98 Å². The topological polar surface area (TPSA) is 65.7 Å². The molecular weight excluding hydrogens is 370 g/mol. The van der Waals surface area contributed by atoms with Crippen molar-refractivity contribution >= 4 is 54.4 Å². The smallest absolute Gasteiger partial charge is 0.304 e. The van der Waals surface area contributed by atoms with Gasteiger partial charge in [-0.2, -0.15) is 0 Å². The van der Waals surface area contributed by atoms with Crippen molar-refractivity contribution in [1.29, 1.82) is 0 Å². The van der Waals surface area contributed by atoms with E-state index in [4.69, 9.17) is 11.6 Å². The van der Waals surface area contributed by atoms with Gasteiger partial charge < -0.3 is 4.98 Å². The molecule has 0 saturated heterocycles. The van der Waals surface area contributed by atoms with Gasteiger partial charge in [0, 0.05) is 0 Å². The van der Waals surface area contributed by atoms with E-state index in [9.17, 15) is 14.0 Å². The summed E-state index contributed by atoms with van der Waals surface area (Å²) >= 11 is 11.8. The largest absolute Gasteiger partial charge is 0.326 e. The second-order valence-electron chi connectivity index (χ2n) is 2.91. The summed E-state index contributed by atoms with van der Waals surface area (Å²) in [4.78, 5) is 26.7. The summed E-state index contributed by atoms with van der Waals surface area (Å²) in [5.41, 5.74) is -1.69. The van der Waals surface area contributed by atoms with Crippen molar-refractivity contribution in [2.75, 3.05) is 0 Å². The van der Waals surface area contributed by atoms with Crippen molar-refractivity contribution in [2.45, 2.75) is 0 Å². The van der Waals surface area contributed by atoms with E-state index in [0.717, 1.165) is 0 Å². The third kappa shape index (κ3) is 1.63. The van der Waals surface area contributed by atoms with E-state index in [1.165, 1.54) is 0 Å². The number of hydrogen-bond acceptors (Lipinski definition) is 2. The molecule has 16 heavy (non-hydrogen) atoms. The summed E-state index contributed by atoms with van der Waals surface area (Å²) < 4.78 is 13.9. The van der Waals surface area contributed by atoms with Gasteiger partial charge in [0.2, 0.25) is 0 Å². The molecule has 1 heterocycles. The van der Waals surface area contributed by atoms with E-state index in [2.05, 4.69) is 36.8 Å². The highest BCUT2D eigenvalue weighted by Crippen LogP contribution is 2.37. The highest BCUT2D eigenvalue weighted by molar-refractivity contribution is 9.11. The zero-order valence-corrected chi connectivity index (χ0v) is 11.3. The minimum absolute atomic E-state index is 0.0187. The van der Waals surface area contributed by atoms with Crippen LogP contribution in [-0.2, 0) is 0 Å². The molecule has 2 N–H and O–H groups in total. The first-order valence-electron chi connectivity index (χ1n) is 3.91. The number of hydrogen-bond donors (Lipinski definition) is 2. The lowest BCUT2D eigenvalue weighted by Gasteiger charge is -2.05. The fourth-order valence-corrected chi connectivity index (χ4v) is 2.69. The molecule has 0 aliphatic heterocycles. The van der Waals surface area contributed by atoms with Crippen molar-refractivity contribution in [2.24, 2.45) is 0 Å². The number of aromatic amines is 2. The van der Waals surface area contributed by atoms with Crippen molar-refractivity contribution in [3.05, 3.63) is 40.6 Å². The zero-order chi connectivity index (χ0) is 12.0. The standard InChI is InChI=1S/C8H2Br2ClFN2O2/c9-2-1-6(5(12)3(10)4(2)11)13-8(16)14-7(1)15/h(H2,13,14,15,16). The predicted octanol–water partition coefficient (Wildman–Crippen LogP) is 2.53. The Hall–Kier alpha value is -0.660. The summed E-state index contributed by atoms with van der Waals surface area (Å²) in [6.45, 7) is 0. The van der Waals surface area contributed by atoms with Crippen molar-refractivity contribution < 1.29 is 4.39 Å². The second kappa shape index (κ2) is 3.97. The van der Waals surface area contributed by atoms with Gasteiger partial charge in [-0.15, -0.1) is 0 Å². The maximum Gasteiger partial charge on any atom is 0.326 e. The maximum absolute atomic E-state index is 13.7. The first kappa shape index (κ1) is 11.8. The molecule has 4 nitrogen and oxygen atoms in total. The Morgan fingerprint density at radius 2 is 1.75 bits per heavy atom. The maximum atomic E-state index is 13.7. The Labute approximate surface area is 109 Å². The molecule has 2 aromatic rings. The molecule has 0 unspecified atom stereocenters. The molecule has 0 fully saturated rings. The molecule has 0 saturated carbocycles. The predicted molar refractivity (Wildman–Crippen MR) is 65.6 cm³/mol. The summed E-state index contributed by atoms with van der Waals surface area (Å²) in [6.07, 6.45) is 0. The third-order valence-electron chi connectivity index (χ3n) is 1.96. The first-order chi connectivity index (χ1) is 7.43. The van der Waals surface area contributed by atoms with Gasteiger partial charge in [0.25, 0.3) is 5.56 Å². The van der Waals surface area contributed by atoms with Crippen molar-refractivity contribution in [1.82, 2.24) is 9.97 Å². The molecular formula is C8H2Br2ClFN2O2. The van der Waals surface area contributed by atoms with Gasteiger partial charge in [-0.25, -0.2) is 9.18 Å². The molecule has 0 radical (unpaired) electrons. The molecule has 0 amide bonds.